The van der Waals surface area contributed by atoms with Gasteiger partial charge in [0, 0.05) is 53.5 Å². The Morgan fingerprint density at radius 2 is 1.97 bits per heavy atom. The molecule has 33 heavy (non-hydrogen) atoms. The zero-order valence-electron chi connectivity index (χ0n) is 18.4. The highest BCUT2D eigenvalue weighted by molar-refractivity contribution is 6.30. The minimum absolute atomic E-state index is 0.115. The van der Waals surface area contributed by atoms with Crippen LogP contribution in [0.1, 0.15) is 24.2 Å². The standard InChI is InChI=1S/C24H26ClN7O/c1-16-21(9-12-27-2)30-23(32(16)20-6-4-18(25)5-7-20)17-3-8-22(28-15-17)31-13-10-19(11-14-31)29-24(26)33/h3-9,12,15,19H,2,10-11,13-14H2,1H3,(H3,26,29,33)/b12-9-. The van der Waals surface area contributed by atoms with Crippen LogP contribution in [0.4, 0.5) is 10.6 Å². The van der Waals surface area contributed by atoms with Crippen molar-refractivity contribution in [1.29, 1.82) is 0 Å². The summed E-state index contributed by atoms with van der Waals surface area (Å²) in [5.41, 5.74) is 8.87. The molecule has 2 amide bonds. The molecule has 0 atom stereocenters. The molecule has 2 aromatic heterocycles. The molecule has 0 bridgehead atoms. The number of nitrogens with two attached hydrogens (primary N) is 1. The van der Waals surface area contributed by atoms with E-state index in [9.17, 15) is 4.79 Å². The van der Waals surface area contributed by atoms with E-state index in [1.807, 2.05) is 55.6 Å². The predicted octanol–water partition coefficient (Wildman–Crippen LogP) is 4.20. The Bertz CT molecular complexity index is 1160. The van der Waals surface area contributed by atoms with E-state index >= 15 is 0 Å². The Morgan fingerprint density at radius 3 is 2.58 bits per heavy atom. The average molecular weight is 464 g/mol. The summed E-state index contributed by atoms with van der Waals surface area (Å²) in [6.07, 6.45) is 6.98. The fourth-order valence-corrected chi connectivity index (χ4v) is 4.18. The summed E-state index contributed by atoms with van der Waals surface area (Å²) in [7, 11) is 0. The van der Waals surface area contributed by atoms with Crippen molar-refractivity contribution in [2.24, 2.45) is 10.7 Å². The first-order chi connectivity index (χ1) is 16.0. The van der Waals surface area contributed by atoms with Crippen LogP contribution in [0.5, 0.6) is 0 Å². The van der Waals surface area contributed by atoms with Crippen molar-refractivity contribution in [2.45, 2.75) is 25.8 Å². The molecule has 4 rings (SSSR count). The molecule has 1 fully saturated rings. The van der Waals surface area contributed by atoms with Crippen LogP contribution in [-0.4, -0.2) is 46.4 Å². The summed E-state index contributed by atoms with van der Waals surface area (Å²) in [6.45, 7) is 7.13. The monoisotopic (exact) mass is 463 g/mol. The summed E-state index contributed by atoms with van der Waals surface area (Å²) in [4.78, 5) is 26.7. The van der Waals surface area contributed by atoms with Gasteiger partial charge in [-0.1, -0.05) is 11.6 Å². The molecule has 0 spiro atoms. The lowest BCUT2D eigenvalue weighted by molar-refractivity contribution is 0.242. The highest BCUT2D eigenvalue weighted by atomic mass is 35.5. The van der Waals surface area contributed by atoms with E-state index in [4.69, 9.17) is 27.3 Å². The van der Waals surface area contributed by atoms with Gasteiger partial charge in [0.1, 0.15) is 11.6 Å². The summed E-state index contributed by atoms with van der Waals surface area (Å²) in [5.74, 6) is 1.68. The quantitative estimate of drug-likeness (QED) is 0.534. The SMILES string of the molecule is C=N/C=C\c1nc(-c2ccc(N3CCC(NC(N)=O)CC3)nc2)n(-c2ccc(Cl)cc2)c1C. The first kappa shape index (κ1) is 22.5. The number of hydrogen-bond donors (Lipinski definition) is 2. The van der Waals surface area contributed by atoms with Crippen LogP contribution in [0.25, 0.3) is 23.2 Å². The number of imidazole rings is 1. The Kier molecular flexibility index (Phi) is 6.74. The van der Waals surface area contributed by atoms with Gasteiger partial charge >= 0.3 is 6.03 Å². The third-order valence-corrected chi connectivity index (χ3v) is 5.99. The van der Waals surface area contributed by atoms with Crippen molar-refractivity contribution >= 4 is 36.2 Å². The van der Waals surface area contributed by atoms with Crippen LogP contribution in [0.3, 0.4) is 0 Å². The van der Waals surface area contributed by atoms with Crippen LogP contribution in [0, 0.1) is 6.92 Å². The average Bonchev–Trinajstić information content (AvgIpc) is 3.14. The Balaban J connectivity index is 1.62. The molecule has 9 heteroatoms. The number of urea groups is 1. The maximum atomic E-state index is 11.1. The molecule has 3 heterocycles. The molecule has 1 aliphatic heterocycles. The first-order valence-corrected chi connectivity index (χ1v) is 11.1. The number of anilines is 1. The summed E-state index contributed by atoms with van der Waals surface area (Å²) in [5, 5.41) is 3.46. The van der Waals surface area contributed by atoms with Crippen molar-refractivity contribution in [2.75, 3.05) is 18.0 Å². The van der Waals surface area contributed by atoms with Gasteiger partial charge in [-0.05, 0) is 69.0 Å². The Morgan fingerprint density at radius 1 is 1.24 bits per heavy atom. The molecule has 8 nitrogen and oxygen atoms in total. The molecular formula is C24H26ClN7O. The number of amides is 2. The number of aliphatic imine (C=N–C) groups is 1. The van der Waals surface area contributed by atoms with E-state index in [1.54, 1.807) is 6.20 Å². The number of carbonyl (C=O) groups excluding carboxylic acids is 1. The maximum absolute atomic E-state index is 11.1. The van der Waals surface area contributed by atoms with Gasteiger partial charge in [0.25, 0.3) is 0 Å². The number of nitrogens with one attached hydrogen (secondary N) is 1. The molecule has 170 valence electrons. The van der Waals surface area contributed by atoms with Crippen molar-refractivity contribution in [3.63, 3.8) is 0 Å². The molecule has 0 saturated carbocycles. The molecule has 1 aliphatic rings. The second kappa shape index (κ2) is 9.87. The summed E-state index contributed by atoms with van der Waals surface area (Å²) >= 11 is 6.10. The fourth-order valence-electron chi connectivity index (χ4n) is 4.06. The smallest absolute Gasteiger partial charge is 0.312 e. The van der Waals surface area contributed by atoms with Crippen LogP contribution >= 0.6 is 11.6 Å². The van der Waals surface area contributed by atoms with Gasteiger partial charge in [-0.15, -0.1) is 0 Å². The number of primary amides is 1. The van der Waals surface area contributed by atoms with E-state index in [2.05, 4.69) is 26.5 Å². The van der Waals surface area contributed by atoms with E-state index in [-0.39, 0.29) is 6.04 Å². The van der Waals surface area contributed by atoms with Crippen LogP contribution in [0.2, 0.25) is 5.02 Å². The molecular weight excluding hydrogens is 438 g/mol. The number of aromatic nitrogens is 3. The topological polar surface area (TPSA) is 101 Å². The third kappa shape index (κ3) is 5.06. The second-order valence-electron chi connectivity index (χ2n) is 7.89. The van der Waals surface area contributed by atoms with Gasteiger partial charge in [-0.2, -0.15) is 0 Å². The minimum Gasteiger partial charge on any atom is -0.356 e. The summed E-state index contributed by atoms with van der Waals surface area (Å²) < 4.78 is 2.08. The fraction of sp³-hybridized carbons (Fsp3) is 0.250. The zero-order valence-corrected chi connectivity index (χ0v) is 19.2. The summed E-state index contributed by atoms with van der Waals surface area (Å²) in [6, 6.07) is 11.3. The number of piperidine rings is 1. The van der Waals surface area contributed by atoms with Gasteiger partial charge in [0.15, 0.2) is 0 Å². The zero-order chi connectivity index (χ0) is 23.4. The highest BCUT2D eigenvalue weighted by Gasteiger charge is 2.21. The van der Waals surface area contributed by atoms with Crippen molar-refractivity contribution in [3.8, 4) is 17.1 Å². The lowest BCUT2D eigenvalue weighted by atomic mass is 10.1. The van der Waals surface area contributed by atoms with E-state index < -0.39 is 6.03 Å². The second-order valence-corrected chi connectivity index (χ2v) is 8.33. The Hall–Kier alpha value is -3.65. The number of hydrogen-bond acceptors (Lipinski definition) is 5. The molecule has 0 radical (unpaired) electrons. The van der Waals surface area contributed by atoms with E-state index in [1.165, 1.54) is 0 Å². The van der Waals surface area contributed by atoms with Crippen molar-refractivity contribution in [1.82, 2.24) is 19.9 Å². The van der Waals surface area contributed by atoms with Crippen molar-refractivity contribution in [3.05, 3.63) is 65.2 Å². The van der Waals surface area contributed by atoms with E-state index in [0.29, 0.717) is 5.02 Å². The van der Waals surface area contributed by atoms with E-state index in [0.717, 1.165) is 60.2 Å². The van der Waals surface area contributed by atoms with Gasteiger partial charge < -0.3 is 16.0 Å². The van der Waals surface area contributed by atoms with Crippen molar-refractivity contribution < 1.29 is 4.79 Å². The predicted molar refractivity (Wildman–Crippen MR) is 133 cm³/mol. The number of pyridine rings is 1. The normalized spacial score (nSPS) is 14.5. The number of rotatable bonds is 6. The Labute approximate surface area is 197 Å². The first-order valence-electron chi connectivity index (χ1n) is 10.7. The van der Waals surface area contributed by atoms with Gasteiger partial charge in [-0.3, -0.25) is 9.56 Å². The number of benzene rings is 1. The molecule has 3 N–H and O–H groups in total. The van der Waals surface area contributed by atoms with Gasteiger partial charge in [0.05, 0.1) is 5.69 Å². The molecule has 1 aromatic carbocycles. The lowest BCUT2D eigenvalue weighted by Crippen LogP contribution is -2.46. The maximum Gasteiger partial charge on any atom is 0.312 e. The number of halogens is 1. The van der Waals surface area contributed by atoms with Crippen LogP contribution < -0.4 is 16.0 Å². The molecule has 1 saturated heterocycles. The number of carbonyl (C=O) groups is 1. The molecule has 3 aromatic rings. The minimum atomic E-state index is -0.472. The third-order valence-electron chi connectivity index (χ3n) is 5.74. The van der Waals surface area contributed by atoms with Gasteiger partial charge in [0.2, 0.25) is 0 Å². The highest BCUT2D eigenvalue weighted by Crippen LogP contribution is 2.29. The lowest BCUT2D eigenvalue weighted by Gasteiger charge is -2.32. The van der Waals surface area contributed by atoms with Crippen LogP contribution in [-0.2, 0) is 0 Å². The molecule has 0 unspecified atom stereocenters. The number of nitrogens with zero attached hydrogens (tertiary/aromatic N) is 5. The van der Waals surface area contributed by atoms with Gasteiger partial charge in [-0.25, -0.2) is 14.8 Å². The largest absolute Gasteiger partial charge is 0.356 e. The molecule has 0 aliphatic carbocycles. The van der Waals surface area contributed by atoms with Crippen LogP contribution in [0.15, 0.2) is 53.8 Å².